The van der Waals surface area contributed by atoms with Crippen molar-refractivity contribution in [2.45, 2.75) is 0 Å². The number of imidazole rings is 4. The third kappa shape index (κ3) is 5.69. The first-order chi connectivity index (χ1) is 23.7. The van der Waals surface area contributed by atoms with Gasteiger partial charge in [0.15, 0.2) is 34.2 Å². The quantitative estimate of drug-likeness (QED) is 0.235. The summed E-state index contributed by atoms with van der Waals surface area (Å²) in [5.74, 6) is 1.46. The molecule has 0 radical (unpaired) electrons. The zero-order valence-electron chi connectivity index (χ0n) is 28.7. The number of rotatable bonds is 8. The molecule has 6 aromatic rings. The summed E-state index contributed by atoms with van der Waals surface area (Å²) in [6.07, 6.45) is 33.2. The second-order valence-electron chi connectivity index (χ2n) is 13.0. The molecular weight excluding hydrogens is 616 g/mol. The third-order valence-electron chi connectivity index (χ3n) is 8.89. The van der Waals surface area contributed by atoms with Crippen LogP contribution in [0.4, 0.5) is 11.4 Å². The lowest BCUT2D eigenvalue weighted by atomic mass is 10.1. The summed E-state index contributed by atoms with van der Waals surface area (Å²) in [6.45, 7) is 1.45. The average molecular weight is 659 g/mol. The molecule has 0 aliphatic carbocycles. The van der Waals surface area contributed by atoms with E-state index in [2.05, 4.69) is 173 Å². The van der Waals surface area contributed by atoms with Crippen molar-refractivity contribution in [2.75, 3.05) is 37.2 Å². The van der Waals surface area contributed by atoms with Crippen LogP contribution >= 0.6 is 0 Å². The minimum absolute atomic E-state index is 0.727. The van der Waals surface area contributed by atoms with E-state index in [4.69, 9.17) is 4.74 Å². The topological polar surface area (TPSA) is 57.4 Å². The van der Waals surface area contributed by atoms with E-state index in [1.807, 2.05) is 49.7 Å². The van der Waals surface area contributed by atoms with Gasteiger partial charge in [0, 0.05) is 63.2 Å². The number of anilines is 2. The van der Waals surface area contributed by atoms with E-state index in [9.17, 15) is 0 Å². The first-order valence-electron chi connectivity index (χ1n) is 16.2. The summed E-state index contributed by atoms with van der Waals surface area (Å²) in [5, 5.41) is 0. The van der Waals surface area contributed by atoms with Crippen molar-refractivity contribution in [3.8, 4) is 34.2 Å². The Labute approximate surface area is 285 Å². The van der Waals surface area contributed by atoms with Crippen LogP contribution in [0.1, 0.15) is 0 Å². The Morgan fingerprint density at radius 2 is 0.796 bits per heavy atom. The maximum absolute atomic E-state index is 7.20. The SMILES string of the molecule is CN1C=CN(c2cc(Oc3cc(N4C=CN(C)C4)c(-n4cc[n+](C)c4)cc3-n3cc[n+](C)c3)c(-n3cc[n+](C)c3)cc2-n2cc[n+](C)c2)C1. The summed E-state index contributed by atoms with van der Waals surface area (Å²) >= 11 is 0. The summed E-state index contributed by atoms with van der Waals surface area (Å²) < 4.78 is 23.9. The predicted molar refractivity (Wildman–Crippen MR) is 183 cm³/mol. The lowest BCUT2D eigenvalue weighted by molar-refractivity contribution is -0.670. The van der Waals surface area contributed by atoms with Gasteiger partial charge in [0.1, 0.15) is 49.6 Å². The molecule has 13 heteroatoms. The van der Waals surface area contributed by atoms with Gasteiger partial charge in [0.25, 0.3) is 0 Å². The molecule has 0 atom stereocenters. The smallest absolute Gasteiger partial charge is 0.248 e. The van der Waals surface area contributed by atoms with Gasteiger partial charge in [0.05, 0.1) is 52.9 Å². The highest BCUT2D eigenvalue weighted by molar-refractivity contribution is 5.75. The fourth-order valence-corrected chi connectivity index (χ4v) is 6.39. The zero-order valence-corrected chi connectivity index (χ0v) is 28.7. The summed E-state index contributed by atoms with van der Waals surface area (Å²) in [5.41, 5.74) is 5.97. The van der Waals surface area contributed by atoms with Gasteiger partial charge >= 0.3 is 0 Å². The number of hydrogen-bond donors (Lipinski definition) is 0. The third-order valence-corrected chi connectivity index (χ3v) is 8.89. The Morgan fingerprint density at radius 3 is 1.08 bits per heavy atom. The van der Waals surface area contributed by atoms with Crippen molar-refractivity contribution in [1.82, 2.24) is 28.1 Å². The molecule has 2 aliphatic rings. The first kappa shape index (κ1) is 30.1. The molecule has 0 unspecified atom stereocenters. The van der Waals surface area contributed by atoms with E-state index in [1.165, 1.54) is 0 Å². The molecule has 0 saturated carbocycles. The highest BCUT2D eigenvalue weighted by Gasteiger charge is 2.29. The molecule has 8 rings (SSSR count). The Kier molecular flexibility index (Phi) is 7.24. The van der Waals surface area contributed by atoms with Gasteiger partial charge in [-0.2, -0.15) is 9.13 Å². The van der Waals surface area contributed by atoms with Gasteiger partial charge in [-0.15, -0.1) is 0 Å². The molecule has 0 N–H and O–H groups in total. The van der Waals surface area contributed by atoms with E-state index in [-0.39, 0.29) is 0 Å². The van der Waals surface area contributed by atoms with Gasteiger partial charge in [-0.25, -0.2) is 27.4 Å². The highest BCUT2D eigenvalue weighted by atomic mass is 16.5. The van der Waals surface area contributed by atoms with Crippen molar-refractivity contribution >= 4 is 11.4 Å². The number of hydrogen-bond acceptors (Lipinski definition) is 5. The molecule has 0 bridgehead atoms. The van der Waals surface area contributed by atoms with Crippen molar-refractivity contribution in [3.05, 3.63) is 124 Å². The van der Waals surface area contributed by atoms with Crippen LogP contribution in [0.2, 0.25) is 0 Å². The number of aromatic nitrogens is 8. The lowest BCUT2D eigenvalue weighted by Crippen LogP contribution is -2.25. The van der Waals surface area contributed by atoms with Gasteiger partial charge < -0.3 is 24.3 Å². The molecule has 0 amide bonds. The van der Waals surface area contributed by atoms with Gasteiger partial charge in [-0.05, 0) is 0 Å². The maximum atomic E-state index is 7.20. The van der Waals surface area contributed by atoms with E-state index in [0.717, 1.165) is 59.0 Å². The molecular formula is C36H42N12O+4. The zero-order chi connectivity index (χ0) is 33.8. The Bertz CT molecular complexity index is 2080. The van der Waals surface area contributed by atoms with E-state index < -0.39 is 0 Å². The first-order valence-corrected chi connectivity index (χ1v) is 16.2. The largest absolute Gasteiger partial charge is 0.448 e. The number of nitrogens with zero attached hydrogens (tertiary/aromatic N) is 12. The summed E-state index contributed by atoms with van der Waals surface area (Å²) in [7, 11) is 12.3. The number of aryl methyl sites for hydroxylation is 4. The molecule has 2 aliphatic heterocycles. The monoisotopic (exact) mass is 658 g/mol. The molecule has 0 spiro atoms. The number of benzene rings is 2. The Hall–Kier alpha value is -6.24. The molecule has 248 valence electrons. The van der Waals surface area contributed by atoms with E-state index in [1.54, 1.807) is 0 Å². The fourth-order valence-electron chi connectivity index (χ4n) is 6.39. The fraction of sp³-hybridized carbons (Fsp3) is 0.222. The van der Waals surface area contributed by atoms with E-state index in [0.29, 0.717) is 0 Å². The lowest BCUT2D eigenvalue weighted by Gasteiger charge is -2.23. The maximum Gasteiger partial charge on any atom is 0.248 e. The Balaban J connectivity index is 1.36. The highest BCUT2D eigenvalue weighted by Crippen LogP contribution is 2.42. The second-order valence-corrected chi connectivity index (χ2v) is 13.0. The Morgan fingerprint density at radius 1 is 0.449 bits per heavy atom. The second kappa shape index (κ2) is 11.8. The molecule has 0 saturated heterocycles. The summed E-state index contributed by atoms with van der Waals surface area (Å²) in [4.78, 5) is 8.83. The van der Waals surface area contributed by atoms with E-state index >= 15 is 0 Å². The number of ether oxygens (including phenoxy) is 1. The van der Waals surface area contributed by atoms with Crippen molar-refractivity contribution in [1.29, 1.82) is 0 Å². The summed E-state index contributed by atoms with van der Waals surface area (Å²) in [6, 6.07) is 8.74. The normalized spacial score (nSPS) is 14.2. The van der Waals surface area contributed by atoms with Crippen LogP contribution in [0.3, 0.4) is 0 Å². The van der Waals surface area contributed by atoms with Crippen LogP contribution in [0.15, 0.2) is 124 Å². The molecule has 49 heavy (non-hydrogen) atoms. The molecule has 0 fully saturated rings. The van der Waals surface area contributed by atoms with Gasteiger partial charge in [-0.1, -0.05) is 0 Å². The van der Waals surface area contributed by atoms with Crippen LogP contribution in [0.5, 0.6) is 11.5 Å². The van der Waals surface area contributed by atoms with Crippen LogP contribution in [0.25, 0.3) is 22.7 Å². The molecule has 4 aromatic heterocycles. The standard InChI is InChI=1S/C36H42N12O/c1-37-7-13-43(23-37)29-19-33(47-17-11-41(5)27-47)35(21-31(29)45-15-9-39(3)25-45)49-36-22-32(46-16-10-40(4)26-46)30(44-14-8-38(2)24-44)20-34(36)48-18-12-42(6)28-48/h7-24,27-28H,25-26H2,1-6H3/q+4. The average Bonchev–Trinajstić information content (AvgIpc) is 3.93. The van der Waals surface area contributed by atoms with Gasteiger partial charge in [0.2, 0.25) is 25.3 Å². The van der Waals surface area contributed by atoms with Crippen LogP contribution in [-0.2, 0) is 28.2 Å². The minimum atomic E-state index is 0.727. The van der Waals surface area contributed by atoms with Crippen molar-refractivity contribution in [3.63, 3.8) is 0 Å². The molecule has 2 aromatic carbocycles. The predicted octanol–water partition coefficient (Wildman–Crippen LogP) is 2.30. The minimum Gasteiger partial charge on any atom is -0.448 e. The van der Waals surface area contributed by atoms with Crippen molar-refractivity contribution < 1.29 is 23.0 Å². The van der Waals surface area contributed by atoms with Crippen molar-refractivity contribution in [2.24, 2.45) is 28.2 Å². The molecule has 13 nitrogen and oxygen atoms in total. The van der Waals surface area contributed by atoms with Gasteiger partial charge in [-0.3, -0.25) is 0 Å². The van der Waals surface area contributed by atoms with Crippen LogP contribution < -0.4 is 32.8 Å². The van der Waals surface area contributed by atoms with Crippen LogP contribution in [-0.4, -0.2) is 55.5 Å². The van der Waals surface area contributed by atoms with Crippen LogP contribution in [0, 0.1) is 0 Å². The molecule has 6 heterocycles.